The summed E-state index contributed by atoms with van der Waals surface area (Å²) in [5.41, 5.74) is 0.110. The predicted molar refractivity (Wildman–Crippen MR) is 114 cm³/mol. The van der Waals surface area contributed by atoms with E-state index in [2.05, 4.69) is 55.1 Å². The molecule has 1 aliphatic rings. The van der Waals surface area contributed by atoms with E-state index < -0.39 is 0 Å². The fourth-order valence-electron chi connectivity index (χ4n) is 3.00. The molecule has 0 aliphatic carbocycles. The Morgan fingerprint density at radius 3 is 2.21 bits per heavy atom. The summed E-state index contributed by atoms with van der Waals surface area (Å²) in [4.78, 5) is 6.90. The van der Waals surface area contributed by atoms with Crippen LogP contribution in [0.2, 0.25) is 0 Å². The first-order chi connectivity index (χ1) is 10.8. The number of rotatable bonds is 6. The number of piperidine rings is 1. The lowest BCUT2D eigenvalue weighted by Gasteiger charge is -2.35. The second kappa shape index (κ2) is 11.5. The maximum absolute atomic E-state index is 5.59. The van der Waals surface area contributed by atoms with Crippen LogP contribution in [0.25, 0.3) is 0 Å². The van der Waals surface area contributed by atoms with E-state index in [-0.39, 0.29) is 35.5 Å². The van der Waals surface area contributed by atoms with Gasteiger partial charge in [-0.3, -0.25) is 9.89 Å². The Balaban J connectivity index is 0.00000529. The molecule has 144 valence electrons. The molecule has 2 N–H and O–H groups in total. The van der Waals surface area contributed by atoms with Crippen LogP contribution in [0.3, 0.4) is 0 Å². The van der Waals surface area contributed by atoms with Crippen LogP contribution in [-0.2, 0) is 4.74 Å². The van der Waals surface area contributed by atoms with Gasteiger partial charge in [0.15, 0.2) is 5.96 Å². The first-order valence-corrected chi connectivity index (χ1v) is 8.99. The molecular weight excluding hydrogens is 415 g/mol. The van der Waals surface area contributed by atoms with E-state index in [0.29, 0.717) is 6.04 Å². The van der Waals surface area contributed by atoms with Crippen LogP contribution in [-0.4, -0.2) is 63.3 Å². The number of nitrogens with one attached hydrogen (secondary N) is 2. The van der Waals surface area contributed by atoms with Gasteiger partial charge in [-0.25, -0.2) is 0 Å². The first kappa shape index (κ1) is 23.9. The Kier molecular flexibility index (Phi) is 11.5. The van der Waals surface area contributed by atoms with Crippen molar-refractivity contribution in [1.82, 2.24) is 15.5 Å². The van der Waals surface area contributed by atoms with Crippen LogP contribution >= 0.6 is 24.0 Å². The Labute approximate surface area is 166 Å². The van der Waals surface area contributed by atoms with Gasteiger partial charge in [0.05, 0.1) is 6.10 Å². The number of hydrogen-bond acceptors (Lipinski definition) is 3. The first-order valence-electron chi connectivity index (χ1n) is 8.99. The zero-order valence-electron chi connectivity index (χ0n) is 16.7. The van der Waals surface area contributed by atoms with Crippen LogP contribution in [0.5, 0.6) is 0 Å². The molecule has 0 bridgehead atoms. The number of nitrogens with zero attached hydrogens (tertiary/aromatic N) is 2. The predicted octanol–water partition coefficient (Wildman–Crippen LogP) is 2.95. The van der Waals surface area contributed by atoms with E-state index in [1.807, 2.05) is 7.05 Å². The molecule has 24 heavy (non-hydrogen) atoms. The van der Waals surface area contributed by atoms with Gasteiger partial charge >= 0.3 is 0 Å². The minimum atomic E-state index is 0. The summed E-state index contributed by atoms with van der Waals surface area (Å²) in [7, 11) is 3.59. The Morgan fingerprint density at radius 2 is 1.75 bits per heavy atom. The molecule has 0 spiro atoms. The smallest absolute Gasteiger partial charge is 0.191 e. The molecule has 0 aromatic rings. The van der Waals surface area contributed by atoms with Crippen LogP contribution in [0, 0.1) is 11.3 Å². The molecule has 0 aromatic carbocycles. The molecule has 1 rings (SSSR count). The molecule has 1 saturated heterocycles. The average molecular weight is 454 g/mol. The monoisotopic (exact) mass is 454 g/mol. The highest BCUT2D eigenvalue weighted by Gasteiger charge is 2.24. The molecule has 1 heterocycles. The summed E-state index contributed by atoms with van der Waals surface area (Å²) in [6.45, 7) is 15.3. The maximum Gasteiger partial charge on any atom is 0.191 e. The van der Waals surface area contributed by atoms with Crippen molar-refractivity contribution in [2.45, 2.75) is 59.6 Å². The van der Waals surface area contributed by atoms with Gasteiger partial charge in [0.1, 0.15) is 0 Å². The summed E-state index contributed by atoms with van der Waals surface area (Å²) in [5, 5.41) is 6.84. The van der Waals surface area contributed by atoms with Gasteiger partial charge in [-0.1, -0.05) is 27.7 Å². The molecule has 0 amide bonds. The van der Waals surface area contributed by atoms with Gasteiger partial charge in [0.25, 0.3) is 0 Å². The minimum Gasteiger partial charge on any atom is -0.379 e. The Bertz CT molecular complexity index is 363. The van der Waals surface area contributed by atoms with Crippen molar-refractivity contribution in [3.05, 3.63) is 0 Å². The van der Waals surface area contributed by atoms with Crippen molar-refractivity contribution >= 4 is 29.9 Å². The number of aliphatic imine (C=N–C) groups is 1. The highest BCUT2D eigenvalue weighted by molar-refractivity contribution is 14.0. The van der Waals surface area contributed by atoms with E-state index in [1.54, 1.807) is 7.11 Å². The van der Waals surface area contributed by atoms with Crippen LogP contribution < -0.4 is 10.6 Å². The number of methoxy groups -OCH3 is 1. The Hall–Kier alpha value is -0.0800. The topological polar surface area (TPSA) is 48.9 Å². The lowest BCUT2D eigenvalue weighted by atomic mass is 9.89. The molecule has 0 saturated carbocycles. The van der Waals surface area contributed by atoms with Crippen molar-refractivity contribution in [3.63, 3.8) is 0 Å². The molecule has 2 atom stereocenters. The van der Waals surface area contributed by atoms with E-state index >= 15 is 0 Å². The van der Waals surface area contributed by atoms with Crippen LogP contribution in [0.15, 0.2) is 4.99 Å². The lowest BCUT2D eigenvalue weighted by molar-refractivity contribution is 0.0205. The molecule has 1 fully saturated rings. The van der Waals surface area contributed by atoms with Crippen LogP contribution in [0.4, 0.5) is 0 Å². The maximum atomic E-state index is 5.59. The third kappa shape index (κ3) is 8.34. The standard InChI is InChI=1S/C18H38N4O.HI/c1-14-8-10-22(11-9-14)15(2)12-20-17(19-6)21-13-16(23-7)18(3,4)5;/h14-16H,8-13H2,1-7H3,(H2,19,20,21);1H. The van der Waals surface area contributed by atoms with Gasteiger partial charge in [-0.2, -0.15) is 0 Å². The molecule has 0 aromatic heterocycles. The van der Waals surface area contributed by atoms with Gasteiger partial charge in [0, 0.05) is 33.3 Å². The normalized spacial score (nSPS) is 20.2. The molecule has 2 unspecified atom stereocenters. The van der Waals surface area contributed by atoms with Crippen molar-refractivity contribution in [3.8, 4) is 0 Å². The third-order valence-electron chi connectivity index (χ3n) is 4.94. The van der Waals surface area contributed by atoms with Crippen molar-refractivity contribution in [2.75, 3.05) is 40.3 Å². The highest BCUT2D eigenvalue weighted by atomic mass is 127. The average Bonchev–Trinajstić information content (AvgIpc) is 2.50. The summed E-state index contributed by atoms with van der Waals surface area (Å²) < 4.78 is 5.59. The van der Waals surface area contributed by atoms with E-state index in [4.69, 9.17) is 4.74 Å². The van der Waals surface area contributed by atoms with Gasteiger partial charge in [-0.15, -0.1) is 24.0 Å². The van der Waals surface area contributed by atoms with E-state index in [0.717, 1.165) is 25.0 Å². The number of ether oxygens (including phenoxy) is 1. The fraction of sp³-hybridized carbons (Fsp3) is 0.944. The third-order valence-corrected chi connectivity index (χ3v) is 4.94. The van der Waals surface area contributed by atoms with Gasteiger partial charge < -0.3 is 15.4 Å². The second-order valence-corrected chi connectivity index (χ2v) is 7.99. The van der Waals surface area contributed by atoms with Crippen molar-refractivity contribution in [1.29, 1.82) is 0 Å². The van der Waals surface area contributed by atoms with Gasteiger partial charge in [-0.05, 0) is 44.2 Å². The van der Waals surface area contributed by atoms with Crippen molar-refractivity contribution < 1.29 is 4.74 Å². The Morgan fingerprint density at radius 1 is 1.21 bits per heavy atom. The molecule has 0 radical (unpaired) electrons. The summed E-state index contributed by atoms with van der Waals surface area (Å²) in [5.74, 6) is 1.73. The lowest BCUT2D eigenvalue weighted by Crippen LogP contribution is -2.50. The minimum absolute atomic E-state index is 0. The number of likely N-dealkylation sites (tertiary alicyclic amines) is 1. The molecule has 5 nitrogen and oxygen atoms in total. The van der Waals surface area contributed by atoms with E-state index in [1.165, 1.54) is 25.9 Å². The summed E-state index contributed by atoms with van der Waals surface area (Å²) in [6, 6.07) is 0.530. The van der Waals surface area contributed by atoms with Crippen molar-refractivity contribution in [2.24, 2.45) is 16.3 Å². The zero-order chi connectivity index (χ0) is 17.5. The quantitative estimate of drug-likeness (QED) is 0.368. The molecular formula is C18H39IN4O. The number of hydrogen-bond donors (Lipinski definition) is 2. The fourth-order valence-corrected chi connectivity index (χ4v) is 3.00. The van der Waals surface area contributed by atoms with Crippen LogP contribution in [0.1, 0.15) is 47.5 Å². The molecule has 6 heteroatoms. The summed E-state index contributed by atoms with van der Waals surface area (Å²) in [6.07, 6.45) is 2.79. The number of guanidine groups is 1. The SMILES string of the molecule is CN=C(NCC(C)N1CCC(C)CC1)NCC(OC)C(C)(C)C.I. The largest absolute Gasteiger partial charge is 0.379 e. The summed E-state index contributed by atoms with van der Waals surface area (Å²) >= 11 is 0. The second-order valence-electron chi connectivity index (χ2n) is 7.99. The molecule has 1 aliphatic heterocycles. The highest BCUT2D eigenvalue weighted by Crippen LogP contribution is 2.21. The number of halogens is 1. The van der Waals surface area contributed by atoms with E-state index in [9.17, 15) is 0 Å². The zero-order valence-corrected chi connectivity index (χ0v) is 19.0. The van der Waals surface area contributed by atoms with Gasteiger partial charge in [0.2, 0.25) is 0 Å².